The van der Waals surface area contributed by atoms with Crippen molar-refractivity contribution in [1.82, 2.24) is 19.8 Å². The average molecular weight is 520 g/mol. The number of nitrogens with zero attached hydrogens (tertiary/aromatic N) is 3. The van der Waals surface area contributed by atoms with Crippen molar-refractivity contribution in [1.29, 1.82) is 0 Å². The fraction of sp³-hybridized carbons (Fsp3) is 0.500. The van der Waals surface area contributed by atoms with Gasteiger partial charge >= 0.3 is 0 Å². The summed E-state index contributed by atoms with van der Waals surface area (Å²) in [6, 6.07) is 6.75. The number of aryl methyl sites for hydroxylation is 1. The maximum absolute atomic E-state index is 14.3. The average Bonchev–Trinajstić information content (AvgIpc) is 3.54. The molecule has 3 heterocycles. The van der Waals surface area contributed by atoms with Gasteiger partial charge in [-0.25, -0.2) is 4.39 Å². The highest BCUT2D eigenvalue weighted by molar-refractivity contribution is 5.93. The fourth-order valence-electron chi connectivity index (χ4n) is 6.71. The Morgan fingerprint density at radius 3 is 2.61 bits per heavy atom. The molecule has 8 heteroatoms. The smallest absolute Gasteiger partial charge is 0.238 e. The van der Waals surface area contributed by atoms with Crippen molar-refractivity contribution in [2.45, 2.75) is 70.4 Å². The normalized spacial score (nSPS) is 20.9. The van der Waals surface area contributed by atoms with E-state index in [0.717, 1.165) is 72.7 Å². The van der Waals surface area contributed by atoms with Crippen LogP contribution in [0.1, 0.15) is 69.0 Å². The van der Waals surface area contributed by atoms with Gasteiger partial charge in [-0.15, -0.1) is 0 Å². The number of amides is 2. The number of fused-ring (bicyclic) bond motifs is 1. The molecular weight excluding hydrogens is 481 g/mol. The quantitative estimate of drug-likeness (QED) is 0.469. The predicted octanol–water partition coefficient (Wildman–Crippen LogP) is 4.80. The fourth-order valence-corrected chi connectivity index (χ4v) is 6.71. The van der Waals surface area contributed by atoms with Crippen LogP contribution in [0, 0.1) is 24.6 Å². The first-order valence-corrected chi connectivity index (χ1v) is 13.8. The number of hydrogen-bond donors (Lipinski definition) is 2. The van der Waals surface area contributed by atoms with E-state index in [1.165, 1.54) is 6.07 Å². The predicted molar refractivity (Wildman–Crippen MR) is 146 cm³/mol. The zero-order valence-electron chi connectivity index (χ0n) is 22.5. The first-order valence-electron chi connectivity index (χ1n) is 13.8. The first kappa shape index (κ1) is 26.4. The van der Waals surface area contributed by atoms with E-state index >= 15 is 0 Å². The maximum atomic E-state index is 14.3. The van der Waals surface area contributed by atoms with Crippen LogP contribution in [0.3, 0.4) is 0 Å². The molecule has 3 N–H and O–H groups in total. The molecule has 2 fully saturated rings. The summed E-state index contributed by atoms with van der Waals surface area (Å²) in [6.45, 7) is 4.39. The third-order valence-electron chi connectivity index (χ3n) is 8.95. The number of nitrogens with one attached hydrogen (secondary N) is 1. The number of carbonyl (C=O) groups excluding carboxylic acids is 2. The highest BCUT2D eigenvalue weighted by atomic mass is 19.1. The number of likely N-dealkylation sites (N-methyl/N-ethyl adjacent to an activating group) is 1. The maximum Gasteiger partial charge on any atom is 0.238 e. The number of pyridine rings is 1. The summed E-state index contributed by atoms with van der Waals surface area (Å²) in [6.07, 6.45) is 12.5. The number of aromatic nitrogens is 2. The van der Waals surface area contributed by atoms with Gasteiger partial charge in [-0.2, -0.15) is 0 Å². The highest BCUT2D eigenvalue weighted by Crippen LogP contribution is 2.41. The molecule has 38 heavy (non-hydrogen) atoms. The van der Waals surface area contributed by atoms with Crippen molar-refractivity contribution in [3.8, 4) is 5.69 Å². The lowest BCUT2D eigenvalue weighted by Crippen LogP contribution is -2.63. The molecule has 202 valence electrons. The van der Waals surface area contributed by atoms with Crippen LogP contribution in [0.4, 0.5) is 4.39 Å². The number of rotatable bonds is 7. The van der Waals surface area contributed by atoms with E-state index in [1.807, 2.05) is 28.8 Å². The Hall–Kier alpha value is -3.26. The van der Waals surface area contributed by atoms with E-state index < -0.39 is 17.4 Å². The molecule has 3 aromatic rings. The van der Waals surface area contributed by atoms with E-state index in [4.69, 9.17) is 5.73 Å². The zero-order valence-corrected chi connectivity index (χ0v) is 22.5. The van der Waals surface area contributed by atoms with Crippen LogP contribution in [0.15, 0.2) is 42.9 Å². The van der Waals surface area contributed by atoms with Gasteiger partial charge in [-0.05, 0) is 87.9 Å². The molecule has 1 saturated heterocycles. The van der Waals surface area contributed by atoms with Crippen LogP contribution in [0.25, 0.3) is 16.6 Å². The molecule has 1 aliphatic heterocycles. The van der Waals surface area contributed by atoms with Crippen LogP contribution in [0.5, 0.6) is 0 Å². The molecule has 1 aliphatic carbocycles. The lowest BCUT2D eigenvalue weighted by molar-refractivity contribution is -0.147. The minimum absolute atomic E-state index is 0.00168. The summed E-state index contributed by atoms with van der Waals surface area (Å²) in [4.78, 5) is 33.5. The zero-order chi connectivity index (χ0) is 27.0. The molecule has 2 amide bonds. The van der Waals surface area contributed by atoms with Crippen LogP contribution in [0.2, 0.25) is 0 Å². The molecule has 7 nitrogen and oxygen atoms in total. The van der Waals surface area contributed by atoms with Crippen LogP contribution in [-0.2, 0) is 9.59 Å². The summed E-state index contributed by atoms with van der Waals surface area (Å²) in [5.41, 5.74) is 8.50. The SMILES string of the molecule is CNC(C)(C(N)=O)[C@@H](C(=O)N1CCC[C@H]1c1cncc(-n2cc(C)c3cc(F)ccc32)c1)C1CCCCC1. The van der Waals surface area contributed by atoms with Gasteiger partial charge in [0.25, 0.3) is 0 Å². The largest absolute Gasteiger partial charge is 0.368 e. The Bertz CT molecular complexity index is 1350. The van der Waals surface area contributed by atoms with Crippen molar-refractivity contribution >= 4 is 22.7 Å². The van der Waals surface area contributed by atoms with Crippen LogP contribution < -0.4 is 11.1 Å². The van der Waals surface area contributed by atoms with Gasteiger partial charge in [0.2, 0.25) is 11.8 Å². The molecule has 0 bridgehead atoms. The summed E-state index contributed by atoms with van der Waals surface area (Å²) >= 11 is 0. The summed E-state index contributed by atoms with van der Waals surface area (Å²) in [7, 11) is 1.72. The van der Waals surface area contributed by atoms with Crippen molar-refractivity contribution < 1.29 is 14.0 Å². The molecule has 1 saturated carbocycles. The topological polar surface area (TPSA) is 93.2 Å². The minimum atomic E-state index is -1.12. The molecule has 1 unspecified atom stereocenters. The molecule has 2 aromatic heterocycles. The van der Waals surface area contributed by atoms with Gasteiger partial charge in [0.05, 0.1) is 29.4 Å². The lowest BCUT2D eigenvalue weighted by Gasteiger charge is -2.43. The van der Waals surface area contributed by atoms with E-state index in [-0.39, 0.29) is 23.7 Å². The number of halogens is 1. The molecular formula is C30H38FN5O2. The Morgan fingerprint density at radius 2 is 1.89 bits per heavy atom. The molecule has 1 aromatic carbocycles. The van der Waals surface area contributed by atoms with Gasteiger partial charge < -0.3 is 20.5 Å². The number of carbonyl (C=O) groups is 2. The second kappa shape index (κ2) is 10.5. The Morgan fingerprint density at radius 1 is 1.13 bits per heavy atom. The molecule has 0 radical (unpaired) electrons. The van der Waals surface area contributed by atoms with E-state index in [0.29, 0.717) is 6.54 Å². The first-order chi connectivity index (χ1) is 18.2. The standard InChI is InChI=1S/C30H38FN5O2/c1-19-18-36(26-12-11-22(31)15-24(19)26)23-14-21(16-34-17-23)25-10-7-13-35(25)28(37)27(20-8-5-4-6-9-20)30(2,33-3)29(32)38/h11-12,14-18,20,25,27,33H,4-10,13H2,1-3H3,(H2,32,38)/t25-,27+,30?/m0/s1. The third-order valence-corrected chi connectivity index (χ3v) is 8.95. The Balaban J connectivity index is 1.50. The minimum Gasteiger partial charge on any atom is -0.368 e. The van der Waals surface area contributed by atoms with Gasteiger partial charge in [0.15, 0.2) is 0 Å². The molecule has 3 atom stereocenters. The van der Waals surface area contributed by atoms with Gasteiger partial charge in [0.1, 0.15) is 11.4 Å². The van der Waals surface area contributed by atoms with Crippen LogP contribution >= 0.6 is 0 Å². The molecule has 0 spiro atoms. The second-order valence-electron chi connectivity index (χ2n) is 11.2. The van der Waals surface area contributed by atoms with Gasteiger partial charge in [-0.1, -0.05) is 19.3 Å². The molecule has 2 aliphatic rings. The summed E-state index contributed by atoms with van der Waals surface area (Å²) in [5.74, 6) is -1.16. The number of likely N-dealkylation sites (tertiary alicyclic amines) is 1. The number of hydrogen-bond acceptors (Lipinski definition) is 4. The lowest BCUT2D eigenvalue weighted by atomic mass is 9.69. The van der Waals surface area contributed by atoms with Crippen molar-refractivity contribution in [2.24, 2.45) is 17.6 Å². The number of benzene rings is 1. The van der Waals surface area contributed by atoms with Crippen molar-refractivity contribution in [3.05, 3.63) is 59.8 Å². The van der Waals surface area contributed by atoms with Gasteiger partial charge in [-0.3, -0.25) is 14.6 Å². The monoisotopic (exact) mass is 519 g/mol. The summed E-state index contributed by atoms with van der Waals surface area (Å²) in [5, 5.41) is 3.99. The molecule has 5 rings (SSSR count). The summed E-state index contributed by atoms with van der Waals surface area (Å²) < 4.78 is 15.9. The van der Waals surface area contributed by atoms with Crippen LogP contribution in [-0.4, -0.2) is 45.4 Å². The highest BCUT2D eigenvalue weighted by Gasteiger charge is 2.50. The number of nitrogens with two attached hydrogens (primary N) is 1. The van der Waals surface area contributed by atoms with E-state index in [1.54, 1.807) is 32.3 Å². The third kappa shape index (κ3) is 4.59. The van der Waals surface area contributed by atoms with Gasteiger partial charge in [0, 0.05) is 24.3 Å². The van der Waals surface area contributed by atoms with E-state index in [9.17, 15) is 14.0 Å². The number of primary amides is 1. The van der Waals surface area contributed by atoms with Crippen molar-refractivity contribution in [3.63, 3.8) is 0 Å². The van der Waals surface area contributed by atoms with Crippen molar-refractivity contribution in [2.75, 3.05) is 13.6 Å². The second-order valence-corrected chi connectivity index (χ2v) is 11.2. The Kier molecular flexibility index (Phi) is 7.27. The Labute approximate surface area is 223 Å². The van der Waals surface area contributed by atoms with E-state index in [2.05, 4.69) is 16.4 Å².